The highest BCUT2D eigenvalue weighted by atomic mass is 16.5. The fourth-order valence-electron chi connectivity index (χ4n) is 3.50. The van der Waals surface area contributed by atoms with Gasteiger partial charge in [-0.1, -0.05) is 64.7 Å². The minimum atomic E-state index is -0.378. The van der Waals surface area contributed by atoms with Gasteiger partial charge in [0.2, 0.25) is 5.75 Å². The molecule has 0 aliphatic heterocycles. The second kappa shape index (κ2) is 10.2. The molecule has 0 atom stereocenters. The average molecular weight is 370 g/mol. The van der Waals surface area contributed by atoms with Crippen LogP contribution >= 0.6 is 0 Å². The molecule has 146 valence electrons. The normalized spacial score (nSPS) is 11.4. The second-order valence-corrected chi connectivity index (χ2v) is 7.25. The molecule has 0 radical (unpaired) electrons. The van der Waals surface area contributed by atoms with Crippen molar-refractivity contribution < 1.29 is 13.6 Å². The van der Waals surface area contributed by atoms with Gasteiger partial charge in [0.25, 0.3) is 0 Å². The first kappa shape index (κ1) is 19.5. The minimum absolute atomic E-state index is 0.378. The molecule has 0 bridgehead atoms. The first-order chi connectivity index (χ1) is 13.3. The molecule has 2 heterocycles. The molecule has 0 amide bonds. The van der Waals surface area contributed by atoms with Crippen LogP contribution in [0.25, 0.3) is 21.9 Å². The molecule has 0 saturated carbocycles. The third-order valence-corrected chi connectivity index (χ3v) is 5.03. The first-order valence-electron chi connectivity index (χ1n) is 10.4. The SMILES string of the molecule is CCCCCCCCCCCCOc1c2occc2cc2ccc(=O)oc12. The van der Waals surface area contributed by atoms with Gasteiger partial charge in [0.15, 0.2) is 11.2 Å². The van der Waals surface area contributed by atoms with Gasteiger partial charge >= 0.3 is 5.63 Å². The Kier molecular flexibility index (Phi) is 7.37. The number of rotatable bonds is 12. The maximum Gasteiger partial charge on any atom is 0.336 e. The molecular weight excluding hydrogens is 340 g/mol. The lowest BCUT2D eigenvalue weighted by molar-refractivity contribution is 0.301. The summed E-state index contributed by atoms with van der Waals surface area (Å²) in [5, 5.41) is 1.80. The zero-order valence-corrected chi connectivity index (χ0v) is 16.3. The fourth-order valence-corrected chi connectivity index (χ4v) is 3.50. The van der Waals surface area contributed by atoms with E-state index in [2.05, 4.69) is 6.92 Å². The quantitative estimate of drug-likeness (QED) is 0.259. The van der Waals surface area contributed by atoms with Crippen molar-refractivity contribution in [1.82, 2.24) is 0 Å². The zero-order valence-electron chi connectivity index (χ0n) is 16.3. The van der Waals surface area contributed by atoms with Gasteiger partial charge in [-0.2, -0.15) is 0 Å². The van der Waals surface area contributed by atoms with Gasteiger partial charge in [-0.15, -0.1) is 0 Å². The summed E-state index contributed by atoms with van der Waals surface area (Å²) in [4.78, 5) is 11.6. The largest absolute Gasteiger partial charge is 0.486 e. The van der Waals surface area contributed by atoms with Crippen LogP contribution in [-0.4, -0.2) is 6.61 Å². The third kappa shape index (κ3) is 5.38. The van der Waals surface area contributed by atoms with Gasteiger partial charge in [-0.3, -0.25) is 0 Å². The van der Waals surface area contributed by atoms with Gasteiger partial charge < -0.3 is 13.6 Å². The van der Waals surface area contributed by atoms with E-state index >= 15 is 0 Å². The van der Waals surface area contributed by atoms with Crippen molar-refractivity contribution >= 4 is 21.9 Å². The highest BCUT2D eigenvalue weighted by Crippen LogP contribution is 2.35. The summed E-state index contributed by atoms with van der Waals surface area (Å²) in [6, 6.07) is 7.04. The van der Waals surface area contributed by atoms with Crippen LogP contribution in [0.1, 0.15) is 71.1 Å². The van der Waals surface area contributed by atoms with Gasteiger partial charge in [0.1, 0.15) is 0 Å². The molecule has 27 heavy (non-hydrogen) atoms. The minimum Gasteiger partial charge on any atom is -0.486 e. The van der Waals surface area contributed by atoms with Crippen molar-refractivity contribution in [3.05, 3.63) is 40.9 Å². The Bertz CT molecular complexity index is 890. The molecular formula is C23H30O4. The Morgan fingerprint density at radius 1 is 0.815 bits per heavy atom. The average Bonchev–Trinajstić information content (AvgIpc) is 3.14. The summed E-state index contributed by atoms with van der Waals surface area (Å²) in [6.07, 6.45) is 14.5. The van der Waals surface area contributed by atoms with Gasteiger partial charge in [0.05, 0.1) is 12.9 Å². The number of fused-ring (bicyclic) bond motifs is 2. The van der Waals surface area contributed by atoms with Crippen molar-refractivity contribution in [2.75, 3.05) is 6.61 Å². The van der Waals surface area contributed by atoms with E-state index in [-0.39, 0.29) is 5.63 Å². The summed E-state index contributed by atoms with van der Waals surface area (Å²) in [7, 11) is 0. The lowest BCUT2D eigenvalue weighted by Gasteiger charge is -2.09. The molecule has 0 N–H and O–H groups in total. The Morgan fingerprint density at radius 2 is 1.48 bits per heavy atom. The Hall–Kier alpha value is -2.23. The number of unbranched alkanes of at least 4 members (excludes halogenated alkanes) is 9. The monoisotopic (exact) mass is 370 g/mol. The van der Waals surface area contributed by atoms with Crippen LogP contribution in [0.2, 0.25) is 0 Å². The van der Waals surface area contributed by atoms with Crippen molar-refractivity contribution in [2.45, 2.75) is 71.1 Å². The molecule has 3 aromatic rings. The molecule has 1 aromatic carbocycles. The second-order valence-electron chi connectivity index (χ2n) is 7.25. The first-order valence-corrected chi connectivity index (χ1v) is 10.4. The van der Waals surface area contributed by atoms with E-state index in [4.69, 9.17) is 13.6 Å². The lowest BCUT2D eigenvalue weighted by atomic mass is 10.1. The predicted molar refractivity (Wildman–Crippen MR) is 110 cm³/mol. The van der Waals surface area contributed by atoms with E-state index in [9.17, 15) is 4.79 Å². The van der Waals surface area contributed by atoms with Crippen LogP contribution in [0.5, 0.6) is 5.75 Å². The fraction of sp³-hybridized carbons (Fsp3) is 0.522. The molecule has 4 nitrogen and oxygen atoms in total. The van der Waals surface area contributed by atoms with E-state index in [0.717, 1.165) is 23.6 Å². The van der Waals surface area contributed by atoms with Crippen LogP contribution in [0.3, 0.4) is 0 Å². The van der Waals surface area contributed by atoms with Crippen molar-refractivity contribution in [1.29, 1.82) is 0 Å². The highest BCUT2D eigenvalue weighted by Gasteiger charge is 2.14. The van der Waals surface area contributed by atoms with E-state index in [1.165, 1.54) is 57.4 Å². The molecule has 0 aliphatic carbocycles. The van der Waals surface area contributed by atoms with Crippen LogP contribution in [0.4, 0.5) is 0 Å². The van der Waals surface area contributed by atoms with E-state index < -0.39 is 0 Å². The van der Waals surface area contributed by atoms with Crippen molar-refractivity contribution in [3.63, 3.8) is 0 Å². The predicted octanol–water partition coefficient (Wildman–Crippen LogP) is 6.84. The summed E-state index contributed by atoms with van der Waals surface area (Å²) in [5.41, 5.74) is 0.734. The van der Waals surface area contributed by atoms with Gasteiger partial charge in [-0.05, 0) is 24.6 Å². The van der Waals surface area contributed by atoms with Gasteiger partial charge in [-0.25, -0.2) is 4.79 Å². The molecule has 4 heteroatoms. The maximum absolute atomic E-state index is 11.6. The van der Waals surface area contributed by atoms with Crippen LogP contribution in [-0.2, 0) is 0 Å². The van der Waals surface area contributed by atoms with Gasteiger partial charge in [0, 0.05) is 16.8 Å². The van der Waals surface area contributed by atoms with Crippen molar-refractivity contribution in [2.24, 2.45) is 0 Å². The third-order valence-electron chi connectivity index (χ3n) is 5.03. The molecule has 0 spiro atoms. The maximum atomic E-state index is 11.6. The smallest absolute Gasteiger partial charge is 0.336 e. The van der Waals surface area contributed by atoms with Crippen LogP contribution in [0.15, 0.2) is 44.2 Å². The molecule has 3 rings (SSSR count). The van der Waals surface area contributed by atoms with Crippen LogP contribution < -0.4 is 10.4 Å². The topological polar surface area (TPSA) is 52.6 Å². The highest BCUT2D eigenvalue weighted by molar-refractivity contribution is 5.99. The molecule has 0 fully saturated rings. The lowest BCUT2D eigenvalue weighted by Crippen LogP contribution is -2.01. The van der Waals surface area contributed by atoms with Crippen LogP contribution in [0, 0.1) is 0 Å². The molecule has 0 unspecified atom stereocenters. The van der Waals surface area contributed by atoms with Crippen molar-refractivity contribution in [3.8, 4) is 5.75 Å². The van der Waals surface area contributed by atoms with E-state index in [1.807, 2.05) is 12.1 Å². The van der Waals surface area contributed by atoms with E-state index in [0.29, 0.717) is 23.5 Å². The standard InChI is InChI=1S/C23H30O4/c1-2-3-4-5-6-7-8-9-10-11-15-25-23-21-19(14-16-26-21)17-18-12-13-20(24)27-22(18)23/h12-14,16-17H,2-11,15H2,1H3. The summed E-state index contributed by atoms with van der Waals surface area (Å²) in [5.74, 6) is 0.543. The number of hydrogen-bond acceptors (Lipinski definition) is 4. The Labute approximate surface area is 160 Å². The summed E-state index contributed by atoms with van der Waals surface area (Å²) >= 11 is 0. The summed E-state index contributed by atoms with van der Waals surface area (Å²) in [6.45, 7) is 2.86. The number of furan rings is 1. The Morgan fingerprint density at radius 3 is 2.22 bits per heavy atom. The zero-order chi connectivity index (χ0) is 18.9. The molecule has 0 saturated heterocycles. The molecule has 2 aromatic heterocycles. The number of hydrogen-bond donors (Lipinski definition) is 0. The number of ether oxygens (including phenoxy) is 1. The summed E-state index contributed by atoms with van der Waals surface area (Å²) < 4.78 is 16.9. The Balaban J connectivity index is 1.47. The number of benzene rings is 1. The molecule has 0 aliphatic rings. The van der Waals surface area contributed by atoms with E-state index in [1.54, 1.807) is 12.3 Å².